The minimum Gasteiger partial charge on any atom is -0.618 e. The quantitative estimate of drug-likeness (QED) is 0.338. The van der Waals surface area contributed by atoms with Gasteiger partial charge in [0.15, 0.2) is 6.20 Å². The van der Waals surface area contributed by atoms with Crippen LogP contribution in [0.1, 0.15) is 5.56 Å². The third-order valence-electron chi connectivity index (χ3n) is 1.11. The maximum Gasteiger partial charge on any atom is 0.289 e. The van der Waals surface area contributed by atoms with Gasteiger partial charge in [0.05, 0.1) is 0 Å². The van der Waals surface area contributed by atoms with Gasteiger partial charge in [0, 0.05) is 5.56 Å². The fraction of sp³-hybridized carbons (Fsp3) is 0.167. The first-order valence-electron chi connectivity index (χ1n) is 2.66. The molecule has 0 saturated heterocycles. The molecule has 0 fully saturated rings. The number of aromatic nitrogens is 1. The van der Waals surface area contributed by atoms with E-state index in [-0.39, 0.29) is 5.15 Å². The third-order valence-corrected chi connectivity index (χ3v) is 1.79. The van der Waals surface area contributed by atoms with Crippen molar-refractivity contribution in [3.63, 3.8) is 0 Å². The van der Waals surface area contributed by atoms with Crippen LogP contribution in [0.3, 0.4) is 0 Å². The van der Waals surface area contributed by atoms with Gasteiger partial charge in [0.1, 0.15) is 5.02 Å². The summed E-state index contributed by atoms with van der Waals surface area (Å²) in [5.41, 5.74) is 0.684. The first-order valence-corrected chi connectivity index (χ1v) is 3.41. The van der Waals surface area contributed by atoms with Crippen molar-refractivity contribution in [3.05, 3.63) is 33.2 Å². The number of rotatable bonds is 0. The Bertz CT molecular complexity index is 239. The number of nitrogens with zero attached hydrogens (tertiary/aromatic N) is 1. The zero-order valence-corrected chi connectivity index (χ0v) is 6.78. The maximum absolute atomic E-state index is 10.8. The van der Waals surface area contributed by atoms with Gasteiger partial charge in [-0.15, -0.1) is 0 Å². The van der Waals surface area contributed by atoms with Crippen molar-refractivity contribution in [2.45, 2.75) is 6.92 Å². The Balaban J connectivity index is 3.31. The molecule has 1 heterocycles. The van der Waals surface area contributed by atoms with Gasteiger partial charge in [-0.3, -0.25) is 0 Å². The van der Waals surface area contributed by atoms with E-state index in [1.54, 1.807) is 13.0 Å². The molecule has 0 radical (unpaired) electrons. The summed E-state index contributed by atoms with van der Waals surface area (Å²) in [6.07, 6.45) is 1.22. The molecule has 0 aromatic carbocycles. The first kappa shape index (κ1) is 7.63. The average molecular weight is 178 g/mol. The summed E-state index contributed by atoms with van der Waals surface area (Å²) in [7, 11) is 0. The summed E-state index contributed by atoms with van der Waals surface area (Å²) in [6.45, 7) is 1.72. The molecular weight excluding hydrogens is 173 g/mol. The molecule has 0 aliphatic heterocycles. The van der Waals surface area contributed by atoms with E-state index >= 15 is 0 Å². The summed E-state index contributed by atoms with van der Waals surface area (Å²) in [5.74, 6) is 0. The highest BCUT2D eigenvalue weighted by Crippen LogP contribution is 2.13. The lowest BCUT2D eigenvalue weighted by Crippen LogP contribution is -2.27. The van der Waals surface area contributed by atoms with Gasteiger partial charge in [0.25, 0.3) is 5.15 Å². The molecule has 0 spiro atoms. The molecule has 2 nitrogen and oxygen atoms in total. The van der Waals surface area contributed by atoms with Gasteiger partial charge in [0.2, 0.25) is 0 Å². The van der Waals surface area contributed by atoms with Crippen LogP contribution in [-0.2, 0) is 0 Å². The molecule has 4 heteroatoms. The van der Waals surface area contributed by atoms with Gasteiger partial charge in [-0.2, -0.15) is 4.73 Å². The molecule has 10 heavy (non-hydrogen) atoms. The molecule has 0 unspecified atom stereocenters. The molecule has 0 N–H and O–H groups in total. The molecule has 0 amide bonds. The molecule has 0 aliphatic rings. The zero-order chi connectivity index (χ0) is 7.72. The van der Waals surface area contributed by atoms with E-state index in [0.717, 1.165) is 0 Å². The highest BCUT2D eigenvalue weighted by atomic mass is 35.5. The number of hydrogen-bond acceptors (Lipinski definition) is 1. The van der Waals surface area contributed by atoms with Crippen LogP contribution in [0, 0.1) is 12.1 Å². The molecular formula is C6H5Cl2NO. The first-order chi connectivity index (χ1) is 4.61. The van der Waals surface area contributed by atoms with E-state index < -0.39 is 0 Å². The van der Waals surface area contributed by atoms with Crippen LogP contribution in [0.4, 0.5) is 0 Å². The lowest BCUT2D eigenvalue weighted by atomic mass is 10.3. The number of pyridine rings is 1. The smallest absolute Gasteiger partial charge is 0.289 e. The van der Waals surface area contributed by atoms with E-state index in [9.17, 15) is 5.21 Å². The summed E-state index contributed by atoms with van der Waals surface area (Å²) in [5, 5.41) is 11.3. The Morgan fingerprint density at radius 1 is 1.50 bits per heavy atom. The predicted octanol–water partition coefficient (Wildman–Crippen LogP) is 1.94. The van der Waals surface area contributed by atoms with Crippen molar-refractivity contribution in [2.24, 2.45) is 0 Å². The normalized spacial score (nSPS) is 9.90. The lowest BCUT2D eigenvalue weighted by Gasteiger charge is -2.00. The standard InChI is InChI=1S/C6H5Cl2NO/c1-4-2-5(7)3-9(10)6(4)8/h2-3H,1H3. The third kappa shape index (κ3) is 1.33. The highest BCUT2D eigenvalue weighted by Gasteiger charge is 2.06. The van der Waals surface area contributed by atoms with E-state index in [2.05, 4.69) is 0 Å². The monoisotopic (exact) mass is 177 g/mol. The van der Waals surface area contributed by atoms with Gasteiger partial charge in [-0.05, 0) is 24.6 Å². The van der Waals surface area contributed by atoms with Crippen molar-refractivity contribution in [1.82, 2.24) is 0 Å². The Labute approximate surface area is 68.6 Å². The second-order valence-corrected chi connectivity index (χ2v) is 2.75. The molecule has 54 valence electrons. The molecule has 0 saturated carbocycles. The number of halogens is 2. The summed E-state index contributed by atoms with van der Waals surface area (Å²) >= 11 is 11.1. The molecule has 1 aromatic heterocycles. The van der Waals surface area contributed by atoms with Crippen molar-refractivity contribution < 1.29 is 4.73 Å². The zero-order valence-electron chi connectivity index (χ0n) is 5.27. The molecule has 0 bridgehead atoms. The average Bonchev–Trinajstić information content (AvgIpc) is 1.82. The topological polar surface area (TPSA) is 26.9 Å². The van der Waals surface area contributed by atoms with Crippen molar-refractivity contribution >= 4 is 23.2 Å². The highest BCUT2D eigenvalue weighted by molar-refractivity contribution is 6.31. The van der Waals surface area contributed by atoms with Crippen LogP contribution < -0.4 is 4.73 Å². The van der Waals surface area contributed by atoms with E-state index in [1.807, 2.05) is 0 Å². The van der Waals surface area contributed by atoms with E-state index in [0.29, 0.717) is 15.3 Å². The maximum atomic E-state index is 10.8. The summed E-state index contributed by atoms with van der Waals surface area (Å²) in [6, 6.07) is 1.64. The molecule has 0 aliphatic carbocycles. The van der Waals surface area contributed by atoms with Crippen LogP contribution in [0.25, 0.3) is 0 Å². The summed E-state index contributed by atoms with van der Waals surface area (Å²) < 4.78 is 0.541. The Hall–Kier alpha value is -0.470. The molecule has 1 aromatic rings. The lowest BCUT2D eigenvalue weighted by molar-refractivity contribution is -0.603. The fourth-order valence-electron chi connectivity index (χ4n) is 0.646. The van der Waals surface area contributed by atoms with Crippen LogP contribution in [0.15, 0.2) is 12.3 Å². The van der Waals surface area contributed by atoms with Gasteiger partial charge >= 0.3 is 0 Å². The Morgan fingerprint density at radius 2 is 2.10 bits per heavy atom. The van der Waals surface area contributed by atoms with Crippen LogP contribution in [0.5, 0.6) is 0 Å². The fourth-order valence-corrected chi connectivity index (χ4v) is 1.00. The van der Waals surface area contributed by atoms with Crippen molar-refractivity contribution in [1.29, 1.82) is 0 Å². The molecule has 0 atom stereocenters. The Morgan fingerprint density at radius 3 is 2.60 bits per heavy atom. The van der Waals surface area contributed by atoms with Crippen molar-refractivity contribution in [3.8, 4) is 0 Å². The van der Waals surface area contributed by atoms with Gasteiger partial charge < -0.3 is 5.21 Å². The van der Waals surface area contributed by atoms with Crippen LogP contribution >= 0.6 is 23.2 Å². The van der Waals surface area contributed by atoms with E-state index in [4.69, 9.17) is 23.2 Å². The van der Waals surface area contributed by atoms with Gasteiger partial charge in [-0.1, -0.05) is 11.6 Å². The second kappa shape index (κ2) is 2.64. The number of aryl methyl sites for hydroxylation is 1. The Kier molecular flexibility index (Phi) is 2.02. The van der Waals surface area contributed by atoms with Crippen LogP contribution in [-0.4, -0.2) is 0 Å². The number of hydrogen-bond donors (Lipinski definition) is 0. The van der Waals surface area contributed by atoms with Crippen molar-refractivity contribution in [2.75, 3.05) is 0 Å². The minimum atomic E-state index is 0.171. The van der Waals surface area contributed by atoms with Gasteiger partial charge in [-0.25, -0.2) is 0 Å². The minimum absolute atomic E-state index is 0.171. The second-order valence-electron chi connectivity index (χ2n) is 1.96. The van der Waals surface area contributed by atoms with Crippen LogP contribution in [0.2, 0.25) is 10.2 Å². The van der Waals surface area contributed by atoms with E-state index in [1.165, 1.54) is 6.20 Å². The largest absolute Gasteiger partial charge is 0.618 e. The molecule has 1 rings (SSSR count). The summed E-state index contributed by atoms with van der Waals surface area (Å²) in [4.78, 5) is 0. The predicted molar refractivity (Wildman–Crippen MR) is 40.2 cm³/mol. The SMILES string of the molecule is Cc1cc(Cl)c[n+]([O-])c1Cl.